The number of carboxylic acid groups (broad SMARTS) is 1. The zero-order chi connectivity index (χ0) is 17.2. The van der Waals surface area contributed by atoms with Crippen LogP contribution in [0.4, 0.5) is 11.5 Å². The highest BCUT2D eigenvalue weighted by Gasteiger charge is 2.16. The van der Waals surface area contributed by atoms with Gasteiger partial charge in [-0.1, -0.05) is 48.5 Å². The average Bonchev–Trinajstić information content (AvgIpc) is 3.01. The number of hydrogen-bond acceptors (Lipinski definition) is 3. The van der Waals surface area contributed by atoms with Crippen molar-refractivity contribution >= 4 is 23.1 Å². The quantitative estimate of drug-likeness (QED) is 0.581. The van der Waals surface area contributed by atoms with E-state index in [1.165, 1.54) is 0 Å². The van der Waals surface area contributed by atoms with Crippen LogP contribution in [0.25, 0.3) is 16.9 Å². The molecule has 2 N–H and O–H groups in total. The summed E-state index contributed by atoms with van der Waals surface area (Å²) in [5.41, 5.74) is 3.53. The Morgan fingerprint density at radius 2 is 1.60 bits per heavy atom. The summed E-state index contributed by atoms with van der Waals surface area (Å²) >= 11 is 0. The molecule has 0 aliphatic carbocycles. The van der Waals surface area contributed by atoms with Gasteiger partial charge in [-0.25, -0.2) is 9.78 Å². The molecule has 0 saturated carbocycles. The summed E-state index contributed by atoms with van der Waals surface area (Å²) in [4.78, 5) is 16.0. The number of pyridine rings is 1. The third kappa shape index (κ3) is 2.83. The molecule has 0 unspecified atom stereocenters. The van der Waals surface area contributed by atoms with Gasteiger partial charge in [0.15, 0.2) is 0 Å². The van der Waals surface area contributed by atoms with Crippen LogP contribution in [0.15, 0.2) is 79.0 Å². The molecule has 2 heterocycles. The van der Waals surface area contributed by atoms with Crippen LogP contribution in [0.2, 0.25) is 0 Å². The van der Waals surface area contributed by atoms with Gasteiger partial charge in [0.1, 0.15) is 17.2 Å². The van der Waals surface area contributed by atoms with Gasteiger partial charge < -0.3 is 10.4 Å². The van der Waals surface area contributed by atoms with E-state index in [0.717, 1.165) is 22.8 Å². The molecule has 4 rings (SSSR count). The summed E-state index contributed by atoms with van der Waals surface area (Å²) in [7, 11) is 0. The number of benzene rings is 2. The Hall–Kier alpha value is -3.60. The monoisotopic (exact) mass is 329 g/mol. The highest BCUT2D eigenvalue weighted by molar-refractivity contribution is 5.88. The molecule has 2 aromatic heterocycles. The van der Waals surface area contributed by atoms with E-state index in [2.05, 4.69) is 10.3 Å². The fourth-order valence-corrected chi connectivity index (χ4v) is 2.75. The van der Waals surface area contributed by atoms with E-state index >= 15 is 0 Å². The summed E-state index contributed by atoms with van der Waals surface area (Å²) in [5, 5.41) is 12.7. The van der Waals surface area contributed by atoms with Crippen LogP contribution in [-0.4, -0.2) is 20.5 Å². The second kappa shape index (κ2) is 6.13. The molecule has 4 aromatic rings. The van der Waals surface area contributed by atoms with E-state index in [4.69, 9.17) is 0 Å². The number of imidazole rings is 1. The van der Waals surface area contributed by atoms with Crippen LogP contribution < -0.4 is 5.32 Å². The van der Waals surface area contributed by atoms with Gasteiger partial charge in [0, 0.05) is 17.4 Å². The van der Waals surface area contributed by atoms with Gasteiger partial charge in [-0.05, 0) is 24.3 Å². The van der Waals surface area contributed by atoms with Crippen molar-refractivity contribution in [3.8, 4) is 11.3 Å². The number of para-hydroxylation sites is 1. The fourth-order valence-electron chi connectivity index (χ4n) is 2.75. The molecule has 0 radical (unpaired) electrons. The minimum Gasteiger partial charge on any atom is -0.478 e. The van der Waals surface area contributed by atoms with E-state index in [0.29, 0.717) is 5.65 Å². The van der Waals surface area contributed by atoms with Gasteiger partial charge in [-0.3, -0.25) is 4.40 Å². The van der Waals surface area contributed by atoms with Crippen molar-refractivity contribution in [1.29, 1.82) is 0 Å². The molecule has 0 aliphatic heterocycles. The van der Waals surface area contributed by atoms with Gasteiger partial charge in [-0.2, -0.15) is 0 Å². The van der Waals surface area contributed by atoms with Crippen molar-refractivity contribution in [2.24, 2.45) is 0 Å². The summed E-state index contributed by atoms with van der Waals surface area (Å²) < 4.78 is 1.78. The first-order valence-corrected chi connectivity index (χ1v) is 7.85. The first kappa shape index (κ1) is 15.0. The number of hydrogen-bond donors (Lipinski definition) is 2. The maximum Gasteiger partial charge on any atom is 0.337 e. The highest BCUT2D eigenvalue weighted by atomic mass is 16.4. The molecule has 0 aliphatic rings. The molecule has 0 saturated heterocycles. The standard InChI is InChI=1S/C20H15N3O2/c24-20(25)15-11-12-17-22-18(14-7-3-1-4-8-14)19(23(17)13-15)21-16-9-5-2-6-10-16/h1-13,21H,(H,24,25). The number of carboxylic acids is 1. The molecular formula is C20H15N3O2. The lowest BCUT2D eigenvalue weighted by atomic mass is 10.1. The van der Waals surface area contributed by atoms with E-state index in [9.17, 15) is 9.90 Å². The van der Waals surface area contributed by atoms with E-state index in [1.54, 1.807) is 22.7 Å². The molecule has 0 fully saturated rings. The van der Waals surface area contributed by atoms with Gasteiger partial charge in [0.25, 0.3) is 0 Å². The molecule has 0 atom stereocenters. The van der Waals surface area contributed by atoms with Crippen molar-refractivity contribution in [2.75, 3.05) is 5.32 Å². The SMILES string of the molecule is O=C(O)c1ccc2nc(-c3ccccc3)c(Nc3ccccc3)n2c1. The second-order valence-electron chi connectivity index (χ2n) is 5.62. The Bertz CT molecular complexity index is 1040. The third-order valence-corrected chi connectivity index (χ3v) is 3.95. The number of rotatable bonds is 4. The first-order chi connectivity index (χ1) is 12.2. The van der Waals surface area contributed by atoms with Crippen molar-refractivity contribution < 1.29 is 9.90 Å². The molecule has 122 valence electrons. The summed E-state index contributed by atoms with van der Waals surface area (Å²) in [6, 6.07) is 22.8. The Balaban J connectivity index is 1.94. The molecule has 0 spiro atoms. The number of anilines is 2. The largest absolute Gasteiger partial charge is 0.478 e. The Morgan fingerprint density at radius 3 is 2.28 bits per heavy atom. The van der Waals surface area contributed by atoms with Crippen molar-refractivity contribution in [1.82, 2.24) is 9.38 Å². The molecule has 5 heteroatoms. The Kier molecular flexibility index (Phi) is 3.67. The number of aromatic nitrogens is 2. The van der Waals surface area contributed by atoms with Crippen LogP contribution >= 0.6 is 0 Å². The molecule has 5 nitrogen and oxygen atoms in total. The van der Waals surface area contributed by atoms with Crippen molar-refractivity contribution in [3.05, 3.63) is 84.6 Å². The predicted octanol–water partition coefficient (Wildman–Crippen LogP) is 4.44. The Labute approximate surface area is 144 Å². The predicted molar refractivity (Wildman–Crippen MR) is 97.3 cm³/mol. The lowest BCUT2D eigenvalue weighted by Crippen LogP contribution is -2.01. The number of aromatic carboxylic acids is 1. The van der Waals surface area contributed by atoms with Gasteiger partial charge in [-0.15, -0.1) is 0 Å². The number of carbonyl (C=O) groups is 1. The van der Waals surface area contributed by atoms with Crippen molar-refractivity contribution in [3.63, 3.8) is 0 Å². The lowest BCUT2D eigenvalue weighted by Gasteiger charge is -2.09. The van der Waals surface area contributed by atoms with Crippen LogP contribution in [-0.2, 0) is 0 Å². The maximum atomic E-state index is 11.3. The highest BCUT2D eigenvalue weighted by Crippen LogP contribution is 2.31. The zero-order valence-corrected chi connectivity index (χ0v) is 13.3. The Morgan fingerprint density at radius 1 is 0.920 bits per heavy atom. The number of nitrogens with zero attached hydrogens (tertiary/aromatic N) is 2. The third-order valence-electron chi connectivity index (χ3n) is 3.95. The molecule has 0 bridgehead atoms. The number of nitrogens with one attached hydrogen (secondary N) is 1. The van der Waals surface area contributed by atoms with Crippen LogP contribution in [0.1, 0.15) is 10.4 Å². The van der Waals surface area contributed by atoms with E-state index in [-0.39, 0.29) is 5.56 Å². The minimum atomic E-state index is -0.970. The lowest BCUT2D eigenvalue weighted by molar-refractivity contribution is 0.0696. The van der Waals surface area contributed by atoms with Crippen LogP contribution in [0.3, 0.4) is 0 Å². The average molecular weight is 329 g/mol. The van der Waals surface area contributed by atoms with Crippen LogP contribution in [0.5, 0.6) is 0 Å². The van der Waals surface area contributed by atoms with Crippen molar-refractivity contribution in [2.45, 2.75) is 0 Å². The minimum absolute atomic E-state index is 0.209. The normalized spacial score (nSPS) is 10.7. The first-order valence-electron chi connectivity index (χ1n) is 7.85. The second-order valence-corrected chi connectivity index (χ2v) is 5.62. The smallest absolute Gasteiger partial charge is 0.337 e. The summed E-state index contributed by atoms with van der Waals surface area (Å²) in [6.07, 6.45) is 1.59. The number of fused-ring (bicyclic) bond motifs is 1. The van der Waals surface area contributed by atoms with Gasteiger partial charge in [0.05, 0.1) is 5.56 Å². The maximum absolute atomic E-state index is 11.3. The van der Waals surface area contributed by atoms with Gasteiger partial charge in [0.2, 0.25) is 0 Å². The molecule has 2 aromatic carbocycles. The molecule has 25 heavy (non-hydrogen) atoms. The van der Waals surface area contributed by atoms with E-state index < -0.39 is 5.97 Å². The topological polar surface area (TPSA) is 66.6 Å². The zero-order valence-electron chi connectivity index (χ0n) is 13.3. The van der Waals surface area contributed by atoms with Crippen LogP contribution in [0, 0.1) is 0 Å². The molecular weight excluding hydrogens is 314 g/mol. The fraction of sp³-hybridized carbons (Fsp3) is 0. The summed E-state index contributed by atoms with van der Waals surface area (Å²) in [6.45, 7) is 0. The van der Waals surface area contributed by atoms with Gasteiger partial charge >= 0.3 is 5.97 Å². The van der Waals surface area contributed by atoms with E-state index in [1.807, 2.05) is 60.7 Å². The summed E-state index contributed by atoms with van der Waals surface area (Å²) in [5.74, 6) is -0.238. The molecule has 0 amide bonds.